The van der Waals surface area contributed by atoms with Crippen molar-refractivity contribution in [3.8, 4) is 0 Å². The third-order valence-corrected chi connectivity index (χ3v) is 2.24. The number of hydrogen-bond acceptors (Lipinski definition) is 1. The highest BCUT2D eigenvalue weighted by molar-refractivity contribution is 6.19. The molecule has 0 saturated heterocycles. The maximum Gasteiger partial charge on any atom is 0.110 e. The van der Waals surface area contributed by atoms with Gasteiger partial charge in [-0.15, -0.1) is 11.6 Å². The molecule has 1 heterocycles. The molecule has 1 aromatic heterocycles. The summed E-state index contributed by atoms with van der Waals surface area (Å²) in [5.41, 5.74) is 2.39. The van der Waals surface area contributed by atoms with Crippen molar-refractivity contribution in [1.29, 1.82) is 0 Å². The van der Waals surface area contributed by atoms with Crippen LogP contribution in [0.25, 0.3) is 0 Å². The molecule has 0 aromatic carbocycles. The second-order valence-electron chi connectivity index (χ2n) is 2.92. The van der Waals surface area contributed by atoms with Crippen LogP contribution in [0.1, 0.15) is 18.2 Å². The Balaban J connectivity index is 2.59. The van der Waals surface area contributed by atoms with Gasteiger partial charge in [-0.3, -0.25) is 0 Å². The summed E-state index contributed by atoms with van der Waals surface area (Å²) in [7, 11) is 0. The summed E-state index contributed by atoms with van der Waals surface area (Å²) in [6, 6.07) is 1.97. The Labute approximate surface area is 78.0 Å². The summed E-state index contributed by atoms with van der Waals surface area (Å²) in [6.07, 6.45) is 4.66. The first kappa shape index (κ1) is 9.40. The van der Waals surface area contributed by atoms with Crippen LogP contribution in [0.3, 0.4) is 0 Å². The largest absolute Gasteiger partial charge is 0.469 e. The fourth-order valence-corrected chi connectivity index (χ4v) is 1.04. The number of aryl methyl sites for hydroxylation is 1. The standard InChI is InChI=1S/C10H13ClO/c1-8(7-11)3-4-10-9(2)5-6-12-10/h3,5-6H,4,7H2,1-2H3/b8-3+. The summed E-state index contributed by atoms with van der Waals surface area (Å²) in [5, 5.41) is 0. The van der Waals surface area contributed by atoms with Crippen LogP contribution in [-0.2, 0) is 6.42 Å². The maximum atomic E-state index is 5.63. The zero-order valence-electron chi connectivity index (χ0n) is 7.43. The fraction of sp³-hybridized carbons (Fsp3) is 0.400. The monoisotopic (exact) mass is 184 g/mol. The maximum absolute atomic E-state index is 5.63. The van der Waals surface area contributed by atoms with E-state index in [0.717, 1.165) is 12.2 Å². The van der Waals surface area contributed by atoms with Gasteiger partial charge in [-0.25, -0.2) is 0 Å². The van der Waals surface area contributed by atoms with Crippen molar-refractivity contribution in [2.75, 3.05) is 5.88 Å². The van der Waals surface area contributed by atoms with Gasteiger partial charge in [0.05, 0.1) is 6.26 Å². The van der Waals surface area contributed by atoms with Gasteiger partial charge in [0, 0.05) is 12.3 Å². The minimum Gasteiger partial charge on any atom is -0.469 e. The molecule has 0 saturated carbocycles. The van der Waals surface area contributed by atoms with E-state index in [0.29, 0.717) is 5.88 Å². The Kier molecular flexibility index (Phi) is 3.42. The second-order valence-corrected chi connectivity index (χ2v) is 3.18. The molecular weight excluding hydrogens is 172 g/mol. The first-order chi connectivity index (χ1) is 5.74. The molecule has 1 nitrogen and oxygen atoms in total. The van der Waals surface area contributed by atoms with Crippen LogP contribution >= 0.6 is 11.6 Å². The Hall–Kier alpha value is -0.690. The van der Waals surface area contributed by atoms with Crippen LogP contribution < -0.4 is 0 Å². The highest BCUT2D eigenvalue weighted by Crippen LogP contribution is 2.11. The molecule has 0 unspecified atom stereocenters. The molecule has 0 bridgehead atoms. The molecule has 0 radical (unpaired) electrons. The normalized spacial score (nSPS) is 12.1. The summed E-state index contributed by atoms with van der Waals surface area (Å²) in [6.45, 7) is 4.06. The van der Waals surface area contributed by atoms with E-state index in [2.05, 4.69) is 6.08 Å². The molecule has 12 heavy (non-hydrogen) atoms. The van der Waals surface area contributed by atoms with E-state index in [1.54, 1.807) is 6.26 Å². The summed E-state index contributed by atoms with van der Waals surface area (Å²) < 4.78 is 5.27. The first-order valence-electron chi connectivity index (χ1n) is 3.98. The van der Waals surface area contributed by atoms with Crippen LogP contribution in [0.2, 0.25) is 0 Å². The molecule has 0 fully saturated rings. The van der Waals surface area contributed by atoms with Crippen LogP contribution in [0.4, 0.5) is 0 Å². The Morgan fingerprint density at radius 2 is 2.42 bits per heavy atom. The highest BCUT2D eigenvalue weighted by Gasteiger charge is 1.98. The number of furan rings is 1. The number of hydrogen-bond donors (Lipinski definition) is 0. The zero-order valence-corrected chi connectivity index (χ0v) is 8.19. The molecule has 0 aliphatic rings. The van der Waals surface area contributed by atoms with Gasteiger partial charge >= 0.3 is 0 Å². The van der Waals surface area contributed by atoms with E-state index in [1.807, 2.05) is 19.9 Å². The molecule has 66 valence electrons. The summed E-state index contributed by atoms with van der Waals surface area (Å²) in [5.74, 6) is 1.62. The van der Waals surface area contributed by atoms with Gasteiger partial charge in [-0.05, 0) is 25.5 Å². The quantitative estimate of drug-likeness (QED) is 0.519. The van der Waals surface area contributed by atoms with Crippen molar-refractivity contribution in [1.82, 2.24) is 0 Å². The van der Waals surface area contributed by atoms with Crippen molar-refractivity contribution < 1.29 is 4.42 Å². The van der Waals surface area contributed by atoms with Gasteiger partial charge in [0.25, 0.3) is 0 Å². The van der Waals surface area contributed by atoms with Gasteiger partial charge in [-0.2, -0.15) is 0 Å². The lowest BCUT2D eigenvalue weighted by molar-refractivity contribution is 0.520. The first-order valence-corrected chi connectivity index (χ1v) is 4.52. The molecule has 0 aliphatic heterocycles. The Morgan fingerprint density at radius 1 is 1.67 bits per heavy atom. The highest BCUT2D eigenvalue weighted by atomic mass is 35.5. The van der Waals surface area contributed by atoms with Crippen LogP contribution in [-0.4, -0.2) is 5.88 Å². The SMILES string of the molecule is C/C(=C\Cc1occc1C)CCl. The van der Waals surface area contributed by atoms with Gasteiger partial charge in [0.1, 0.15) is 5.76 Å². The molecule has 0 N–H and O–H groups in total. The Bertz CT molecular complexity index is 273. The van der Waals surface area contributed by atoms with E-state index in [9.17, 15) is 0 Å². The minimum atomic E-state index is 0.597. The van der Waals surface area contributed by atoms with E-state index in [1.165, 1.54) is 11.1 Å². The van der Waals surface area contributed by atoms with Crippen molar-refractivity contribution in [2.24, 2.45) is 0 Å². The minimum absolute atomic E-state index is 0.597. The zero-order chi connectivity index (χ0) is 8.97. The van der Waals surface area contributed by atoms with Gasteiger partial charge in [0.15, 0.2) is 0 Å². The summed E-state index contributed by atoms with van der Waals surface area (Å²) >= 11 is 5.63. The molecule has 0 atom stereocenters. The predicted octanol–water partition coefficient (Wildman–Crippen LogP) is 3.32. The number of rotatable bonds is 3. The molecule has 0 amide bonds. The second kappa shape index (κ2) is 4.36. The predicted molar refractivity (Wildman–Crippen MR) is 51.6 cm³/mol. The fourth-order valence-electron chi connectivity index (χ4n) is 0.935. The van der Waals surface area contributed by atoms with Gasteiger partial charge in [-0.1, -0.05) is 11.6 Å². The topological polar surface area (TPSA) is 13.1 Å². The van der Waals surface area contributed by atoms with Gasteiger partial charge in [0.2, 0.25) is 0 Å². The van der Waals surface area contributed by atoms with Crippen LogP contribution in [0.5, 0.6) is 0 Å². The number of halogens is 1. The number of alkyl halides is 1. The van der Waals surface area contributed by atoms with E-state index < -0.39 is 0 Å². The summed E-state index contributed by atoms with van der Waals surface area (Å²) in [4.78, 5) is 0. The van der Waals surface area contributed by atoms with Crippen LogP contribution in [0, 0.1) is 6.92 Å². The average molecular weight is 185 g/mol. The van der Waals surface area contributed by atoms with E-state index in [-0.39, 0.29) is 0 Å². The lowest BCUT2D eigenvalue weighted by Crippen LogP contribution is -1.83. The molecule has 1 aromatic rings. The van der Waals surface area contributed by atoms with Crippen molar-refractivity contribution in [3.05, 3.63) is 35.3 Å². The number of allylic oxidation sites excluding steroid dienone is 2. The smallest absolute Gasteiger partial charge is 0.110 e. The average Bonchev–Trinajstić information content (AvgIpc) is 2.47. The van der Waals surface area contributed by atoms with E-state index in [4.69, 9.17) is 16.0 Å². The Morgan fingerprint density at radius 3 is 2.92 bits per heavy atom. The molecule has 2 heteroatoms. The third kappa shape index (κ3) is 2.42. The molecule has 0 spiro atoms. The van der Waals surface area contributed by atoms with Gasteiger partial charge < -0.3 is 4.42 Å². The third-order valence-electron chi connectivity index (χ3n) is 1.81. The van der Waals surface area contributed by atoms with Crippen molar-refractivity contribution in [2.45, 2.75) is 20.3 Å². The van der Waals surface area contributed by atoms with Crippen molar-refractivity contribution in [3.63, 3.8) is 0 Å². The lowest BCUT2D eigenvalue weighted by Gasteiger charge is -1.94. The lowest BCUT2D eigenvalue weighted by atomic mass is 10.2. The van der Waals surface area contributed by atoms with Crippen molar-refractivity contribution >= 4 is 11.6 Å². The molecule has 0 aliphatic carbocycles. The van der Waals surface area contributed by atoms with Crippen LogP contribution in [0.15, 0.2) is 28.4 Å². The molecule has 1 rings (SSSR count). The molecular formula is C10H13ClO. The van der Waals surface area contributed by atoms with E-state index >= 15 is 0 Å².